The number of amides is 1. The van der Waals surface area contributed by atoms with Crippen molar-refractivity contribution in [2.75, 3.05) is 39.3 Å². The van der Waals surface area contributed by atoms with Crippen LogP contribution in [0.2, 0.25) is 0 Å². The predicted molar refractivity (Wildman–Crippen MR) is 105 cm³/mol. The number of halogens is 1. The van der Waals surface area contributed by atoms with Crippen LogP contribution in [-0.4, -0.2) is 65.9 Å². The summed E-state index contributed by atoms with van der Waals surface area (Å²) in [5.41, 5.74) is 1.55. The summed E-state index contributed by atoms with van der Waals surface area (Å²) in [7, 11) is 0. The highest BCUT2D eigenvalue weighted by Crippen LogP contribution is 2.19. The molecule has 3 rings (SSSR count). The molecule has 0 saturated carbocycles. The molecule has 8 heteroatoms. The van der Waals surface area contributed by atoms with Crippen molar-refractivity contribution in [2.24, 2.45) is 4.99 Å². The maximum Gasteiger partial charge on any atom is 0.226 e. The minimum Gasteiger partial charge on any atom is -0.444 e. The van der Waals surface area contributed by atoms with Crippen LogP contribution in [-0.2, 0) is 11.2 Å². The van der Waals surface area contributed by atoms with Gasteiger partial charge in [-0.05, 0) is 31.2 Å². The minimum absolute atomic E-state index is 0.115. The molecule has 1 fully saturated rings. The van der Waals surface area contributed by atoms with Crippen LogP contribution in [0.5, 0.6) is 0 Å². The molecule has 28 heavy (non-hydrogen) atoms. The minimum atomic E-state index is -0.287. The first-order chi connectivity index (χ1) is 13.6. The number of hydrogen-bond donors (Lipinski definition) is 1. The summed E-state index contributed by atoms with van der Waals surface area (Å²) in [6.45, 7) is 7.96. The number of oxazole rings is 1. The summed E-state index contributed by atoms with van der Waals surface area (Å²) >= 11 is 0. The lowest BCUT2D eigenvalue weighted by atomic mass is 10.2. The average molecular weight is 387 g/mol. The van der Waals surface area contributed by atoms with Gasteiger partial charge in [0.25, 0.3) is 0 Å². The van der Waals surface area contributed by atoms with Crippen molar-refractivity contribution < 1.29 is 13.6 Å². The number of carbonyl (C=O) groups excluding carboxylic acids is 1. The van der Waals surface area contributed by atoms with E-state index in [1.807, 2.05) is 11.8 Å². The monoisotopic (exact) mass is 387 g/mol. The number of benzene rings is 1. The summed E-state index contributed by atoms with van der Waals surface area (Å²) in [5, 5.41) is 3.31. The fourth-order valence-electron chi connectivity index (χ4n) is 3.08. The smallest absolute Gasteiger partial charge is 0.226 e. The molecular weight excluding hydrogens is 361 g/mol. The van der Waals surface area contributed by atoms with Crippen LogP contribution < -0.4 is 5.32 Å². The molecule has 0 aliphatic carbocycles. The molecule has 1 aliphatic heterocycles. The molecule has 0 bridgehead atoms. The van der Waals surface area contributed by atoms with E-state index in [1.54, 1.807) is 25.3 Å². The van der Waals surface area contributed by atoms with Crippen molar-refractivity contribution in [2.45, 2.75) is 20.3 Å². The third-order valence-corrected chi connectivity index (χ3v) is 4.63. The highest BCUT2D eigenvalue weighted by molar-refractivity contribution is 5.80. The van der Waals surface area contributed by atoms with Gasteiger partial charge in [0, 0.05) is 58.2 Å². The van der Waals surface area contributed by atoms with E-state index < -0.39 is 0 Å². The first-order valence-corrected chi connectivity index (χ1v) is 9.56. The molecule has 1 amide bonds. The fraction of sp³-hybridized carbons (Fsp3) is 0.450. The topological polar surface area (TPSA) is 74.0 Å². The highest BCUT2D eigenvalue weighted by Gasteiger charge is 2.20. The largest absolute Gasteiger partial charge is 0.444 e. The lowest BCUT2D eigenvalue weighted by Crippen LogP contribution is -2.53. The third-order valence-electron chi connectivity index (χ3n) is 4.63. The van der Waals surface area contributed by atoms with Crippen LogP contribution in [0.15, 0.2) is 39.9 Å². The Morgan fingerprint density at radius 2 is 1.89 bits per heavy atom. The number of rotatable bonds is 5. The van der Waals surface area contributed by atoms with Crippen LogP contribution >= 0.6 is 0 Å². The van der Waals surface area contributed by atoms with Crippen LogP contribution in [0, 0.1) is 5.82 Å². The molecule has 1 saturated heterocycles. The Hall–Kier alpha value is -2.90. The van der Waals surface area contributed by atoms with Gasteiger partial charge in [-0.1, -0.05) is 0 Å². The van der Waals surface area contributed by atoms with Crippen molar-refractivity contribution in [3.05, 3.63) is 42.0 Å². The number of piperazine rings is 1. The molecule has 0 unspecified atom stereocenters. The number of nitrogens with one attached hydrogen (secondary N) is 1. The molecule has 1 N–H and O–H groups in total. The second-order valence-electron chi connectivity index (χ2n) is 6.63. The summed E-state index contributed by atoms with van der Waals surface area (Å²) in [6.07, 6.45) is 2.26. The SMILES string of the molecule is CCNC(=NCCc1coc(-c2ccc(F)cc2)n1)N1CCN(C(C)=O)CC1. The maximum absolute atomic E-state index is 13.0. The van der Waals surface area contributed by atoms with Gasteiger partial charge in [-0.25, -0.2) is 9.37 Å². The number of hydrogen-bond acceptors (Lipinski definition) is 4. The Morgan fingerprint density at radius 3 is 2.54 bits per heavy atom. The molecule has 1 aliphatic rings. The van der Waals surface area contributed by atoms with Crippen LogP contribution in [0.1, 0.15) is 19.5 Å². The molecule has 150 valence electrons. The number of aliphatic imine (C=N–C) groups is 1. The van der Waals surface area contributed by atoms with Crippen LogP contribution in [0.4, 0.5) is 4.39 Å². The van der Waals surface area contributed by atoms with Crippen molar-refractivity contribution >= 4 is 11.9 Å². The summed E-state index contributed by atoms with van der Waals surface area (Å²) in [4.78, 5) is 24.7. The van der Waals surface area contributed by atoms with E-state index in [2.05, 4.69) is 15.2 Å². The zero-order valence-electron chi connectivity index (χ0n) is 16.3. The van der Waals surface area contributed by atoms with Crippen molar-refractivity contribution in [1.82, 2.24) is 20.1 Å². The average Bonchev–Trinajstić information content (AvgIpc) is 3.17. The quantitative estimate of drug-likeness (QED) is 0.629. The van der Waals surface area contributed by atoms with Crippen molar-refractivity contribution in [3.8, 4) is 11.5 Å². The van der Waals surface area contributed by atoms with E-state index in [-0.39, 0.29) is 11.7 Å². The van der Waals surface area contributed by atoms with Crippen LogP contribution in [0.3, 0.4) is 0 Å². The number of carbonyl (C=O) groups is 1. The van der Waals surface area contributed by atoms with Gasteiger partial charge >= 0.3 is 0 Å². The molecule has 0 radical (unpaired) electrons. The van der Waals surface area contributed by atoms with Crippen molar-refractivity contribution in [3.63, 3.8) is 0 Å². The molecule has 1 aromatic heterocycles. The zero-order chi connectivity index (χ0) is 19.9. The van der Waals surface area contributed by atoms with E-state index in [4.69, 9.17) is 9.41 Å². The standard InChI is InChI=1S/C20H26FN5O2/c1-3-22-20(26-12-10-25(11-13-26)15(2)27)23-9-8-18-14-28-19(24-18)16-4-6-17(21)7-5-16/h4-7,14H,3,8-13H2,1-2H3,(H,22,23). The van der Waals surface area contributed by atoms with Gasteiger partial charge in [-0.15, -0.1) is 0 Å². The van der Waals surface area contributed by atoms with Gasteiger partial charge in [0.05, 0.1) is 5.69 Å². The van der Waals surface area contributed by atoms with Gasteiger partial charge < -0.3 is 19.5 Å². The van der Waals surface area contributed by atoms with E-state index in [0.29, 0.717) is 31.9 Å². The lowest BCUT2D eigenvalue weighted by Gasteiger charge is -2.36. The highest BCUT2D eigenvalue weighted by atomic mass is 19.1. The second-order valence-corrected chi connectivity index (χ2v) is 6.63. The van der Waals surface area contributed by atoms with Gasteiger partial charge in [0.15, 0.2) is 5.96 Å². The van der Waals surface area contributed by atoms with E-state index >= 15 is 0 Å². The zero-order valence-corrected chi connectivity index (χ0v) is 16.3. The van der Waals surface area contributed by atoms with E-state index in [0.717, 1.165) is 36.9 Å². The van der Waals surface area contributed by atoms with E-state index in [1.165, 1.54) is 12.1 Å². The van der Waals surface area contributed by atoms with Gasteiger partial charge in [0.2, 0.25) is 11.8 Å². The normalized spacial score (nSPS) is 15.0. The lowest BCUT2D eigenvalue weighted by molar-refractivity contribution is -0.130. The Bertz CT molecular complexity index is 810. The summed E-state index contributed by atoms with van der Waals surface area (Å²) in [5.74, 6) is 1.16. The van der Waals surface area contributed by atoms with Gasteiger partial charge in [-0.2, -0.15) is 0 Å². The number of guanidine groups is 1. The first kappa shape index (κ1) is 19.9. The summed E-state index contributed by atoms with van der Waals surface area (Å²) in [6, 6.07) is 6.07. The first-order valence-electron chi connectivity index (χ1n) is 9.56. The molecule has 1 aromatic carbocycles. The Morgan fingerprint density at radius 1 is 1.21 bits per heavy atom. The molecular formula is C20H26FN5O2. The van der Waals surface area contributed by atoms with Crippen LogP contribution in [0.25, 0.3) is 11.5 Å². The fourth-order valence-corrected chi connectivity index (χ4v) is 3.08. The van der Waals surface area contributed by atoms with Gasteiger partial charge in [-0.3, -0.25) is 9.79 Å². The Kier molecular flexibility index (Phi) is 6.62. The number of aromatic nitrogens is 1. The van der Waals surface area contributed by atoms with E-state index in [9.17, 15) is 9.18 Å². The maximum atomic E-state index is 13.0. The Labute approximate surface area is 164 Å². The number of nitrogens with zero attached hydrogens (tertiary/aromatic N) is 4. The third kappa shape index (κ3) is 5.09. The molecule has 2 heterocycles. The molecule has 7 nitrogen and oxygen atoms in total. The molecule has 0 spiro atoms. The molecule has 2 aromatic rings. The predicted octanol–water partition coefficient (Wildman–Crippen LogP) is 2.15. The Balaban J connectivity index is 1.57. The summed E-state index contributed by atoms with van der Waals surface area (Å²) < 4.78 is 18.5. The second kappa shape index (κ2) is 9.34. The molecule has 0 atom stereocenters. The van der Waals surface area contributed by atoms with Gasteiger partial charge in [0.1, 0.15) is 12.1 Å². The van der Waals surface area contributed by atoms with Crippen molar-refractivity contribution in [1.29, 1.82) is 0 Å².